The zero-order chi connectivity index (χ0) is 18.2. The van der Waals surface area contributed by atoms with Crippen molar-refractivity contribution in [3.8, 4) is 0 Å². The Kier molecular flexibility index (Phi) is 5.03. The Bertz CT molecular complexity index is 796. The maximum Gasteiger partial charge on any atom is 0.184 e. The molecule has 0 aromatic heterocycles. The summed E-state index contributed by atoms with van der Waals surface area (Å²) >= 11 is 0. The molecule has 0 radical (unpaired) electrons. The molecule has 1 unspecified atom stereocenters. The summed E-state index contributed by atoms with van der Waals surface area (Å²) in [7, 11) is -1.50. The second kappa shape index (κ2) is 6.93. The number of hydrogen-bond acceptors (Lipinski definition) is 1. The average molecular weight is 351 g/mol. The van der Waals surface area contributed by atoms with Gasteiger partial charge in [-0.1, -0.05) is 42.0 Å². The van der Waals surface area contributed by atoms with Gasteiger partial charge in [0.25, 0.3) is 0 Å². The van der Waals surface area contributed by atoms with Crippen LogP contribution in [0.5, 0.6) is 0 Å². The number of benzene rings is 1. The van der Waals surface area contributed by atoms with Crippen LogP contribution < -0.4 is 0 Å². The predicted molar refractivity (Wildman–Crippen MR) is 112 cm³/mol. The fourth-order valence-electron chi connectivity index (χ4n) is 3.98. The highest BCUT2D eigenvalue weighted by Crippen LogP contribution is 2.44. The van der Waals surface area contributed by atoms with E-state index in [9.17, 15) is 0 Å². The van der Waals surface area contributed by atoms with E-state index in [0.717, 1.165) is 12.8 Å². The lowest BCUT2D eigenvalue weighted by Gasteiger charge is -2.24. The van der Waals surface area contributed by atoms with E-state index in [1.54, 1.807) is 0 Å². The van der Waals surface area contributed by atoms with E-state index in [0.29, 0.717) is 0 Å². The monoisotopic (exact) mass is 350 g/mol. The topological polar surface area (TPSA) is 9.23 Å². The van der Waals surface area contributed by atoms with Crippen molar-refractivity contribution in [1.29, 1.82) is 0 Å². The van der Waals surface area contributed by atoms with Gasteiger partial charge >= 0.3 is 0 Å². The van der Waals surface area contributed by atoms with E-state index in [4.69, 9.17) is 4.43 Å². The summed E-state index contributed by atoms with van der Waals surface area (Å²) in [4.78, 5) is 0. The highest BCUT2D eigenvalue weighted by atomic mass is 28.4. The van der Waals surface area contributed by atoms with Gasteiger partial charge in [0, 0.05) is 6.10 Å². The van der Waals surface area contributed by atoms with Gasteiger partial charge in [0.1, 0.15) is 0 Å². The van der Waals surface area contributed by atoms with Gasteiger partial charge < -0.3 is 4.43 Å². The summed E-state index contributed by atoms with van der Waals surface area (Å²) in [6.45, 7) is 13.5. The molecule has 1 aromatic carbocycles. The Morgan fingerprint density at radius 2 is 1.88 bits per heavy atom. The van der Waals surface area contributed by atoms with Gasteiger partial charge in [-0.05, 0) is 92.7 Å². The van der Waals surface area contributed by atoms with Gasteiger partial charge in [-0.2, -0.15) is 0 Å². The van der Waals surface area contributed by atoms with Crippen molar-refractivity contribution in [2.75, 3.05) is 0 Å². The second-order valence-electron chi connectivity index (χ2n) is 8.38. The second-order valence-corrected chi connectivity index (χ2v) is 12.8. The molecule has 0 saturated carbocycles. The van der Waals surface area contributed by atoms with Gasteiger partial charge in [-0.3, -0.25) is 0 Å². The first-order valence-corrected chi connectivity index (χ1v) is 12.7. The average Bonchev–Trinajstić information content (AvgIpc) is 3.08. The minimum atomic E-state index is -1.50. The standard InChI is InChI=1S/C23H30OSi/c1-16(2)23-21-12-8-7-10-19(21)15-22(23)20-13-9-11-18(20)14-17(3)24-25(4,5)6/h7-12,15,17H,13-14H2,1-6H3. The first-order chi connectivity index (χ1) is 11.8. The van der Waals surface area contributed by atoms with E-state index in [2.05, 4.69) is 82.9 Å². The molecule has 0 fully saturated rings. The van der Waals surface area contributed by atoms with Crippen molar-refractivity contribution < 1.29 is 4.43 Å². The molecule has 0 N–H and O–H groups in total. The van der Waals surface area contributed by atoms with Crippen LogP contribution in [0.1, 0.15) is 44.7 Å². The molecule has 0 bridgehead atoms. The number of rotatable bonds is 5. The van der Waals surface area contributed by atoms with Crippen LogP contribution in [0.25, 0.3) is 11.6 Å². The van der Waals surface area contributed by atoms with Crippen LogP contribution in [-0.2, 0) is 4.43 Å². The van der Waals surface area contributed by atoms with Crippen LogP contribution >= 0.6 is 0 Å². The molecule has 0 saturated heterocycles. The Morgan fingerprint density at radius 1 is 1.16 bits per heavy atom. The minimum absolute atomic E-state index is 0.277. The summed E-state index contributed by atoms with van der Waals surface area (Å²) in [5, 5.41) is 0. The highest BCUT2D eigenvalue weighted by Gasteiger charge is 2.26. The maximum absolute atomic E-state index is 6.29. The number of fused-ring (bicyclic) bond motifs is 1. The fourth-order valence-corrected chi connectivity index (χ4v) is 5.27. The van der Waals surface area contributed by atoms with E-state index in [-0.39, 0.29) is 6.10 Å². The molecule has 3 rings (SSSR count). The van der Waals surface area contributed by atoms with Crippen molar-refractivity contribution in [2.24, 2.45) is 0 Å². The van der Waals surface area contributed by atoms with Crippen LogP contribution in [0.2, 0.25) is 19.6 Å². The largest absolute Gasteiger partial charge is 0.415 e. The third-order valence-corrected chi connectivity index (χ3v) is 5.82. The summed E-state index contributed by atoms with van der Waals surface area (Å²) < 4.78 is 6.29. The molecule has 1 nitrogen and oxygen atoms in total. The molecule has 2 aliphatic carbocycles. The van der Waals surface area contributed by atoms with Gasteiger partial charge in [0.2, 0.25) is 0 Å². The molecule has 1 aromatic rings. The van der Waals surface area contributed by atoms with E-state index < -0.39 is 8.32 Å². The summed E-state index contributed by atoms with van der Waals surface area (Å²) in [5.74, 6) is 0. The lowest BCUT2D eigenvalue weighted by atomic mass is 9.90. The Hall–Kier alpha value is -1.64. The number of allylic oxidation sites excluding steroid dienone is 6. The molecule has 2 aliphatic rings. The van der Waals surface area contributed by atoms with Crippen molar-refractivity contribution >= 4 is 20.0 Å². The van der Waals surface area contributed by atoms with Crippen LogP contribution in [0.3, 0.4) is 0 Å². The minimum Gasteiger partial charge on any atom is -0.415 e. The first kappa shape index (κ1) is 18.2. The quantitative estimate of drug-likeness (QED) is 0.533. The summed E-state index contributed by atoms with van der Waals surface area (Å²) in [6.07, 6.45) is 9.30. The van der Waals surface area contributed by atoms with Crippen LogP contribution in [0.4, 0.5) is 0 Å². The molecule has 0 spiro atoms. The normalized spacial score (nSPS) is 17.8. The molecule has 25 heavy (non-hydrogen) atoms. The van der Waals surface area contributed by atoms with Crippen molar-refractivity contribution in [1.82, 2.24) is 0 Å². The number of hydrogen-bond donors (Lipinski definition) is 0. The smallest absolute Gasteiger partial charge is 0.184 e. The lowest BCUT2D eigenvalue weighted by molar-refractivity contribution is 0.215. The molecule has 1 atom stereocenters. The molecule has 0 heterocycles. The SMILES string of the molecule is CC(C)=C1C(C2=C(CC(C)O[Si](C)(C)C)C=CC2)=Cc2ccccc21. The van der Waals surface area contributed by atoms with Crippen molar-refractivity contribution in [3.63, 3.8) is 0 Å². The third-order valence-electron chi connectivity index (χ3n) is 4.72. The van der Waals surface area contributed by atoms with E-state index in [1.165, 1.54) is 39.0 Å². The Morgan fingerprint density at radius 3 is 2.56 bits per heavy atom. The maximum atomic E-state index is 6.29. The van der Waals surface area contributed by atoms with Crippen molar-refractivity contribution in [2.45, 2.75) is 59.4 Å². The van der Waals surface area contributed by atoms with Gasteiger partial charge in [0.15, 0.2) is 8.32 Å². The zero-order valence-electron chi connectivity index (χ0n) is 16.4. The van der Waals surface area contributed by atoms with E-state index >= 15 is 0 Å². The fraction of sp³-hybridized carbons (Fsp3) is 0.391. The first-order valence-electron chi connectivity index (χ1n) is 9.32. The summed E-state index contributed by atoms with van der Waals surface area (Å²) in [5.41, 5.74) is 9.89. The van der Waals surface area contributed by atoms with Crippen molar-refractivity contribution in [3.05, 3.63) is 69.8 Å². The van der Waals surface area contributed by atoms with E-state index in [1.807, 2.05) is 0 Å². The Labute approximate surface area is 153 Å². The molecular formula is C23H30OSi. The van der Waals surface area contributed by atoms with Gasteiger partial charge in [-0.15, -0.1) is 0 Å². The molecule has 132 valence electrons. The van der Waals surface area contributed by atoms with Crippen LogP contribution in [-0.4, -0.2) is 14.4 Å². The molecule has 0 amide bonds. The van der Waals surface area contributed by atoms with Crippen LogP contribution in [0.15, 0.2) is 58.7 Å². The molecule has 0 aliphatic heterocycles. The highest BCUT2D eigenvalue weighted by molar-refractivity contribution is 6.69. The van der Waals surface area contributed by atoms with Crippen LogP contribution in [0, 0.1) is 0 Å². The Balaban J connectivity index is 1.94. The lowest BCUT2D eigenvalue weighted by Crippen LogP contribution is -2.30. The zero-order valence-corrected chi connectivity index (χ0v) is 17.4. The van der Waals surface area contributed by atoms with Gasteiger partial charge in [0.05, 0.1) is 0 Å². The molecular weight excluding hydrogens is 320 g/mol. The molecule has 2 heteroatoms. The summed E-state index contributed by atoms with van der Waals surface area (Å²) in [6, 6.07) is 8.75. The third kappa shape index (κ3) is 3.96. The van der Waals surface area contributed by atoms with Gasteiger partial charge in [-0.25, -0.2) is 0 Å². The predicted octanol–water partition coefficient (Wildman–Crippen LogP) is 6.76.